The highest BCUT2D eigenvalue weighted by molar-refractivity contribution is 9.10. The number of anilines is 1. The van der Waals surface area contributed by atoms with Gasteiger partial charge in [-0.1, -0.05) is 28.1 Å². The molecule has 1 N–H and O–H groups in total. The van der Waals surface area contributed by atoms with Crippen molar-refractivity contribution in [2.24, 2.45) is 0 Å². The van der Waals surface area contributed by atoms with Crippen molar-refractivity contribution in [3.8, 4) is 17.0 Å². The summed E-state index contributed by atoms with van der Waals surface area (Å²) in [6, 6.07) is 20.6. The van der Waals surface area contributed by atoms with E-state index in [0.717, 1.165) is 15.8 Å². The van der Waals surface area contributed by atoms with Gasteiger partial charge < -0.3 is 4.74 Å². The average Bonchev–Trinajstić information content (AvgIpc) is 3.39. The number of non-ortho nitro benzene ring substituents is 1. The van der Waals surface area contributed by atoms with Crippen LogP contribution in [0.25, 0.3) is 11.3 Å². The van der Waals surface area contributed by atoms with Gasteiger partial charge in [-0.3, -0.25) is 24.9 Å². The van der Waals surface area contributed by atoms with Crippen LogP contribution >= 0.6 is 15.9 Å². The zero-order valence-corrected chi connectivity index (χ0v) is 19.7. The van der Waals surface area contributed by atoms with E-state index < -0.39 is 11.0 Å². The topological polar surface area (TPSA) is 101 Å². The van der Waals surface area contributed by atoms with Crippen LogP contribution in [0.3, 0.4) is 0 Å². The van der Waals surface area contributed by atoms with Crippen LogP contribution in [0, 0.1) is 10.1 Å². The highest BCUT2D eigenvalue weighted by Gasteiger charge is 2.43. The minimum absolute atomic E-state index is 0.0414. The molecular formula is C25H19BrN4O4. The summed E-state index contributed by atoms with van der Waals surface area (Å²) in [6.07, 6.45) is 0. The molecule has 0 saturated carbocycles. The van der Waals surface area contributed by atoms with Crippen molar-refractivity contribution < 1.29 is 14.5 Å². The standard InChI is InChI=1S/C25H19BrN4O4/c1-2-34-20-12-6-15(7-13-20)22-21-23(28-27-22)25(31)29(18-10-8-17(26)9-11-18)24(21)16-4-3-5-19(14-16)30(32)33/h3-14,24H,2H2,1H3,(H,27,28)/t24-/m0/s1. The molecule has 0 saturated heterocycles. The summed E-state index contributed by atoms with van der Waals surface area (Å²) in [5, 5.41) is 18.8. The molecule has 4 aromatic rings. The molecule has 9 heteroatoms. The molecule has 0 aliphatic carbocycles. The van der Waals surface area contributed by atoms with Crippen molar-refractivity contribution in [1.29, 1.82) is 0 Å². The number of aromatic nitrogens is 2. The molecule has 0 spiro atoms. The maximum absolute atomic E-state index is 13.6. The zero-order valence-electron chi connectivity index (χ0n) is 18.1. The lowest BCUT2D eigenvalue weighted by Gasteiger charge is -2.26. The summed E-state index contributed by atoms with van der Waals surface area (Å²) < 4.78 is 6.42. The first-order chi connectivity index (χ1) is 16.5. The molecule has 170 valence electrons. The second-order valence-electron chi connectivity index (χ2n) is 7.72. The van der Waals surface area contributed by atoms with Crippen LogP contribution in [0.5, 0.6) is 5.75 Å². The van der Waals surface area contributed by atoms with E-state index in [2.05, 4.69) is 26.1 Å². The van der Waals surface area contributed by atoms with Crippen LogP contribution in [0.2, 0.25) is 0 Å². The number of nitro benzene ring substituents is 1. The number of H-pyrrole nitrogens is 1. The van der Waals surface area contributed by atoms with E-state index in [1.165, 1.54) is 12.1 Å². The van der Waals surface area contributed by atoms with Gasteiger partial charge in [-0.2, -0.15) is 5.10 Å². The van der Waals surface area contributed by atoms with Gasteiger partial charge in [-0.05, 0) is 61.0 Å². The predicted octanol–water partition coefficient (Wildman–Crippen LogP) is 5.90. The summed E-state index contributed by atoms with van der Waals surface area (Å²) in [7, 11) is 0. The molecule has 1 aromatic heterocycles. The predicted molar refractivity (Wildman–Crippen MR) is 131 cm³/mol. The number of fused-ring (bicyclic) bond motifs is 1. The number of hydrogen-bond donors (Lipinski definition) is 1. The number of benzene rings is 3. The smallest absolute Gasteiger partial charge is 0.277 e. The van der Waals surface area contributed by atoms with Gasteiger partial charge in [0.25, 0.3) is 11.6 Å². The Labute approximate surface area is 203 Å². The first-order valence-electron chi connectivity index (χ1n) is 10.6. The first kappa shape index (κ1) is 21.8. The van der Waals surface area contributed by atoms with E-state index >= 15 is 0 Å². The number of ether oxygens (including phenoxy) is 1. The number of aromatic amines is 1. The molecular weight excluding hydrogens is 500 g/mol. The third-order valence-corrected chi connectivity index (χ3v) is 6.24. The first-order valence-corrected chi connectivity index (χ1v) is 11.4. The van der Waals surface area contributed by atoms with E-state index in [-0.39, 0.29) is 11.6 Å². The van der Waals surface area contributed by atoms with Crippen molar-refractivity contribution >= 4 is 33.2 Å². The third kappa shape index (κ3) is 3.73. The highest BCUT2D eigenvalue weighted by atomic mass is 79.9. The lowest BCUT2D eigenvalue weighted by atomic mass is 9.95. The Morgan fingerprint density at radius 1 is 1.12 bits per heavy atom. The Balaban J connectivity index is 1.68. The van der Waals surface area contributed by atoms with Gasteiger partial charge in [0.15, 0.2) is 0 Å². The quantitative estimate of drug-likeness (QED) is 0.253. The van der Waals surface area contributed by atoms with Gasteiger partial charge in [0, 0.05) is 33.4 Å². The molecule has 0 radical (unpaired) electrons. The maximum Gasteiger partial charge on any atom is 0.277 e. The molecule has 0 bridgehead atoms. The monoisotopic (exact) mass is 518 g/mol. The molecule has 1 aliphatic rings. The molecule has 0 unspecified atom stereocenters. The van der Waals surface area contributed by atoms with Crippen LogP contribution < -0.4 is 9.64 Å². The molecule has 1 atom stereocenters. The zero-order chi connectivity index (χ0) is 23.8. The van der Waals surface area contributed by atoms with Crippen molar-refractivity contribution in [3.63, 3.8) is 0 Å². The Morgan fingerprint density at radius 2 is 1.85 bits per heavy atom. The average molecular weight is 519 g/mol. The van der Waals surface area contributed by atoms with Crippen LogP contribution in [0.1, 0.15) is 34.6 Å². The number of carbonyl (C=O) groups excluding carboxylic acids is 1. The summed E-state index contributed by atoms with van der Waals surface area (Å²) in [4.78, 5) is 26.2. The molecule has 34 heavy (non-hydrogen) atoms. The van der Waals surface area contributed by atoms with Crippen molar-refractivity contribution in [1.82, 2.24) is 10.2 Å². The van der Waals surface area contributed by atoms with Gasteiger partial charge >= 0.3 is 0 Å². The summed E-state index contributed by atoms with van der Waals surface area (Å²) in [5.41, 5.74) is 3.72. The Hall–Kier alpha value is -3.98. The number of hydrogen-bond acceptors (Lipinski definition) is 5. The lowest BCUT2D eigenvalue weighted by molar-refractivity contribution is -0.384. The van der Waals surface area contributed by atoms with E-state index in [4.69, 9.17) is 4.74 Å². The number of nitrogens with one attached hydrogen (secondary N) is 1. The Morgan fingerprint density at radius 3 is 2.53 bits per heavy atom. The molecule has 8 nitrogen and oxygen atoms in total. The van der Waals surface area contributed by atoms with E-state index in [9.17, 15) is 14.9 Å². The Bertz CT molecular complexity index is 1380. The van der Waals surface area contributed by atoms with E-state index in [1.807, 2.05) is 55.5 Å². The van der Waals surface area contributed by atoms with Gasteiger partial charge in [0.1, 0.15) is 11.4 Å². The third-order valence-electron chi connectivity index (χ3n) is 5.71. The molecule has 0 fully saturated rings. The fraction of sp³-hybridized carbons (Fsp3) is 0.120. The van der Waals surface area contributed by atoms with Crippen molar-refractivity contribution in [3.05, 3.63) is 104 Å². The van der Waals surface area contributed by atoms with Crippen molar-refractivity contribution in [2.75, 3.05) is 11.5 Å². The normalized spacial score (nSPS) is 14.8. The number of nitro groups is 1. The Kier molecular flexibility index (Phi) is 5.62. The molecule has 2 heterocycles. The maximum atomic E-state index is 13.6. The molecule has 5 rings (SSSR count). The SMILES string of the molecule is CCOc1ccc(-c2n[nH]c3c2[C@H](c2cccc([N+](=O)[O-])c2)N(c2ccc(Br)cc2)C3=O)cc1. The van der Waals surface area contributed by atoms with Gasteiger partial charge in [-0.15, -0.1) is 0 Å². The van der Waals surface area contributed by atoms with Crippen LogP contribution in [0.15, 0.2) is 77.3 Å². The van der Waals surface area contributed by atoms with Crippen molar-refractivity contribution in [2.45, 2.75) is 13.0 Å². The van der Waals surface area contributed by atoms with E-state index in [1.54, 1.807) is 17.0 Å². The van der Waals surface area contributed by atoms with Crippen LogP contribution in [-0.4, -0.2) is 27.6 Å². The molecule has 3 aromatic carbocycles. The van der Waals surface area contributed by atoms with Gasteiger partial charge in [0.2, 0.25) is 0 Å². The highest BCUT2D eigenvalue weighted by Crippen LogP contribution is 2.45. The lowest BCUT2D eigenvalue weighted by Crippen LogP contribution is -2.29. The largest absolute Gasteiger partial charge is 0.494 e. The summed E-state index contributed by atoms with van der Waals surface area (Å²) in [6.45, 7) is 2.48. The number of halogens is 1. The van der Waals surface area contributed by atoms with Crippen LogP contribution in [0.4, 0.5) is 11.4 Å². The summed E-state index contributed by atoms with van der Waals surface area (Å²) >= 11 is 3.43. The molecule has 1 amide bonds. The minimum atomic E-state index is -0.594. The van der Waals surface area contributed by atoms with Crippen LogP contribution in [-0.2, 0) is 0 Å². The summed E-state index contributed by atoms with van der Waals surface area (Å²) in [5.74, 6) is 0.486. The fourth-order valence-corrected chi connectivity index (χ4v) is 4.50. The number of rotatable bonds is 6. The van der Waals surface area contributed by atoms with Gasteiger partial charge in [0.05, 0.1) is 23.3 Å². The van der Waals surface area contributed by atoms with E-state index in [0.29, 0.717) is 34.8 Å². The number of carbonyl (C=O) groups is 1. The fourth-order valence-electron chi connectivity index (χ4n) is 4.23. The minimum Gasteiger partial charge on any atom is -0.494 e. The molecule has 1 aliphatic heterocycles. The number of nitrogens with zero attached hydrogens (tertiary/aromatic N) is 3. The number of amides is 1. The second-order valence-corrected chi connectivity index (χ2v) is 8.64. The second kappa shape index (κ2) is 8.75. The van der Waals surface area contributed by atoms with Gasteiger partial charge in [-0.25, -0.2) is 0 Å².